The SMILES string of the molecule is C.CC(C)(C)OC(=O)N1CC2CNCC2C1.COc1cc(Br)ccc1Cl.COc1cc(N2CC3CN(C(=O)OC(C)(C)C)CC3C2)ccc1Cl. The van der Waals surface area contributed by atoms with Gasteiger partial charge in [0.2, 0.25) is 0 Å². The number of benzene rings is 2. The lowest BCUT2D eigenvalue weighted by atomic mass is 10.0. The van der Waals surface area contributed by atoms with E-state index in [1.54, 1.807) is 20.3 Å². The van der Waals surface area contributed by atoms with Gasteiger partial charge < -0.3 is 39.0 Å². The lowest BCUT2D eigenvalue weighted by molar-refractivity contribution is 0.0272. The number of carbonyl (C=O) groups excluding carboxylic acids is 2. The van der Waals surface area contributed by atoms with Gasteiger partial charge in [-0.05, 0) is 83.7 Å². The number of amides is 2. The van der Waals surface area contributed by atoms with Crippen LogP contribution in [0.3, 0.4) is 0 Å². The van der Waals surface area contributed by atoms with Crippen molar-refractivity contribution >= 4 is 57.0 Å². The van der Waals surface area contributed by atoms with Crippen molar-refractivity contribution in [3.05, 3.63) is 50.9 Å². The maximum Gasteiger partial charge on any atom is 0.410 e. The third-order valence-corrected chi connectivity index (χ3v) is 9.91. The smallest absolute Gasteiger partial charge is 0.410 e. The second-order valence-corrected chi connectivity index (χ2v) is 16.7. The van der Waals surface area contributed by atoms with E-state index >= 15 is 0 Å². The number of halogens is 3. The lowest BCUT2D eigenvalue weighted by Gasteiger charge is -2.26. The summed E-state index contributed by atoms with van der Waals surface area (Å²) in [5.74, 6) is 3.63. The molecule has 0 bridgehead atoms. The number of methoxy groups -OCH3 is 2. The molecule has 6 rings (SSSR count). The quantitative estimate of drug-likeness (QED) is 0.331. The molecule has 0 spiro atoms. The number of carbonyl (C=O) groups is 2. The molecule has 0 radical (unpaired) electrons. The maximum atomic E-state index is 12.2. The summed E-state index contributed by atoms with van der Waals surface area (Å²) in [6, 6.07) is 11.3. The molecule has 0 saturated carbocycles. The number of likely N-dealkylation sites (tertiary alicyclic amines) is 2. The summed E-state index contributed by atoms with van der Waals surface area (Å²) >= 11 is 15.2. The first kappa shape index (κ1) is 41.8. The molecule has 2 aromatic carbocycles. The molecule has 10 nitrogen and oxygen atoms in total. The van der Waals surface area contributed by atoms with Gasteiger partial charge in [0.1, 0.15) is 22.7 Å². The highest BCUT2D eigenvalue weighted by molar-refractivity contribution is 9.10. The normalized spacial score (nSPS) is 22.3. The number of fused-ring (bicyclic) bond motifs is 2. The van der Waals surface area contributed by atoms with Gasteiger partial charge in [-0.1, -0.05) is 46.6 Å². The summed E-state index contributed by atoms with van der Waals surface area (Å²) in [4.78, 5) is 30.0. The predicted molar refractivity (Wildman–Crippen MR) is 205 cm³/mol. The van der Waals surface area contributed by atoms with E-state index in [2.05, 4.69) is 26.1 Å². The van der Waals surface area contributed by atoms with Crippen LogP contribution in [0.5, 0.6) is 11.5 Å². The average molecular weight is 803 g/mol. The highest BCUT2D eigenvalue weighted by Crippen LogP contribution is 2.37. The molecule has 2 amide bonds. The molecule has 0 aliphatic carbocycles. The number of nitrogens with one attached hydrogen (secondary N) is 1. The first-order valence-electron chi connectivity index (χ1n) is 16.7. The third kappa shape index (κ3) is 11.7. The molecule has 4 unspecified atom stereocenters. The summed E-state index contributed by atoms with van der Waals surface area (Å²) < 4.78 is 22.1. The predicted octanol–water partition coefficient (Wildman–Crippen LogP) is 8.47. The van der Waals surface area contributed by atoms with Gasteiger partial charge in [-0.25, -0.2) is 9.59 Å². The first-order valence-corrected chi connectivity index (χ1v) is 18.2. The molecule has 2 aromatic rings. The minimum absolute atomic E-state index is 0. The zero-order valence-corrected chi connectivity index (χ0v) is 33.0. The Morgan fingerprint density at radius 2 is 1.12 bits per heavy atom. The van der Waals surface area contributed by atoms with E-state index in [1.807, 2.05) is 81.7 Å². The third-order valence-electron chi connectivity index (χ3n) is 8.79. The molecule has 280 valence electrons. The molecular formula is C37H55BrCl2N4O6. The topological polar surface area (TPSA) is 92.8 Å². The largest absolute Gasteiger partial charge is 0.495 e. The Balaban J connectivity index is 0.000000222. The Bertz CT molecular complexity index is 1430. The van der Waals surface area contributed by atoms with Crippen LogP contribution in [-0.2, 0) is 9.47 Å². The van der Waals surface area contributed by atoms with Crippen molar-refractivity contribution in [2.45, 2.75) is 60.2 Å². The second kappa shape index (κ2) is 17.8. The Morgan fingerprint density at radius 1 is 0.700 bits per heavy atom. The van der Waals surface area contributed by atoms with Crippen molar-refractivity contribution in [1.82, 2.24) is 15.1 Å². The highest BCUT2D eigenvalue weighted by Gasteiger charge is 2.43. The molecule has 4 aliphatic rings. The van der Waals surface area contributed by atoms with Gasteiger partial charge in [-0.15, -0.1) is 0 Å². The van der Waals surface area contributed by atoms with E-state index < -0.39 is 5.60 Å². The maximum absolute atomic E-state index is 12.2. The van der Waals surface area contributed by atoms with Crippen LogP contribution in [0.4, 0.5) is 15.3 Å². The summed E-state index contributed by atoms with van der Waals surface area (Å²) in [5, 5.41) is 4.61. The van der Waals surface area contributed by atoms with Crippen molar-refractivity contribution in [3.63, 3.8) is 0 Å². The Hall–Kier alpha value is -2.60. The molecule has 4 saturated heterocycles. The molecule has 50 heavy (non-hydrogen) atoms. The van der Waals surface area contributed by atoms with Crippen LogP contribution in [0.1, 0.15) is 49.0 Å². The van der Waals surface area contributed by atoms with Crippen LogP contribution < -0.4 is 19.7 Å². The summed E-state index contributed by atoms with van der Waals surface area (Å²) in [5.41, 5.74) is 0.294. The fourth-order valence-corrected chi connectivity index (χ4v) is 7.22. The highest BCUT2D eigenvalue weighted by atomic mass is 79.9. The fourth-order valence-electron chi connectivity index (χ4n) is 6.49. The molecule has 4 heterocycles. The molecule has 13 heteroatoms. The summed E-state index contributed by atoms with van der Waals surface area (Å²) in [7, 11) is 3.22. The second-order valence-electron chi connectivity index (χ2n) is 15.0. The van der Waals surface area contributed by atoms with Crippen molar-refractivity contribution in [3.8, 4) is 11.5 Å². The van der Waals surface area contributed by atoms with Crippen molar-refractivity contribution in [2.75, 3.05) is 71.5 Å². The Kier molecular flexibility index (Phi) is 14.8. The van der Waals surface area contributed by atoms with E-state index in [9.17, 15) is 9.59 Å². The zero-order valence-electron chi connectivity index (χ0n) is 29.9. The number of nitrogens with zero attached hydrogens (tertiary/aromatic N) is 3. The molecule has 4 aliphatic heterocycles. The number of hydrogen-bond donors (Lipinski definition) is 1. The zero-order chi connectivity index (χ0) is 36.1. The average Bonchev–Trinajstić information content (AvgIpc) is 3.79. The van der Waals surface area contributed by atoms with Crippen LogP contribution in [0.15, 0.2) is 40.9 Å². The van der Waals surface area contributed by atoms with E-state index in [-0.39, 0.29) is 25.2 Å². The van der Waals surface area contributed by atoms with Gasteiger partial charge in [0.05, 0.1) is 24.3 Å². The minimum Gasteiger partial charge on any atom is -0.495 e. The molecule has 4 atom stereocenters. The lowest BCUT2D eigenvalue weighted by Crippen LogP contribution is -2.37. The number of rotatable bonds is 3. The minimum atomic E-state index is -0.444. The number of anilines is 1. The summed E-state index contributed by atoms with van der Waals surface area (Å²) in [6.45, 7) is 18.6. The molecule has 0 aromatic heterocycles. The fraction of sp³-hybridized carbons (Fsp3) is 0.622. The van der Waals surface area contributed by atoms with Crippen LogP contribution in [0.25, 0.3) is 0 Å². The van der Waals surface area contributed by atoms with Crippen molar-refractivity contribution in [2.24, 2.45) is 23.7 Å². The van der Waals surface area contributed by atoms with Crippen molar-refractivity contribution < 1.29 is 28.5 Å². The Labute approximate surface area is 317 Å². The van der Waals surface area contributed by atoms with Crippen LogP contribution in [-0.4, -0.2) is 99.8 Å². The number of ether oxygens (including phenoxy) is 4. The molecule has 4 fully saturated rings. The van der Waals surface area contributed by atoms with Crippen LogP contribution in [0, 0.1) is 23.7 Å². The van der Waals surface area contributed by atoms with Crippen LogP contribution >= 0.6 is 39.1 Å². The van der Waals surface area contributed by atoms with E-state index in [4.69, 9.17) is 42.1 Å². The first-order chi connectivity index (χ1) is 23.0. The van der Waals surface area contributed by atoms with Crippen molar-refractivity contribution in [1.29, 1.82) is 0 Å². The Morgan fingerprint density at radius 3 is 1.54 bits per heavy atom. The van der Waals surface area contributed by atoms with E-state index in [1.165, 1.54) is 0 Å². The van der Waals surface area contributed by atoms with Gasteiger partial charge in [0, 0.05) is 80.4 Å². The van der Waals surface area contributed by atoms with E-state index in [0.29, 0.717) is 45.2 Å². The molecular weight excluding hydrogens is 747 g/mol. The van der Waals surface area contributed by atoms with Gasteiger partial charge in [0.15, 0.2) is 0 Å². The standard InChI is InChI=1S/C18H25ClN2O3.C11H20N2O2.C7H6BrClO.CH4/c1-18(2,3)24-17(22)21-10-12-8-20(9-13(12)11-21)14-5-6-15(19)16(7-14)23-4;1-11(2,3)15-10(14)13-6-8-4-12-5-9(8)7-13;1-10-7-4-5(8)2-3-6(7)9;/h5-7,12-13H,8-11H2,1-4H3;8-9,12H,4-7H2,1-3H3;2-4H,1H3;1H4. The number of hydrogen-bond acceptors (Lipinski definition) is 8. The van der Waals surface area contributed by atoms with Crippen LogP contribution in [0.2, 0.25) is 10.0 Å². The monoisotopic (exact) mass is 800 g/mol. The van der Waals surface area contributed by atoms with Gasteiger partial charge >= 0.3 is 12.2 Å². The molecule has 1 N–H and O–H groups in total. The van der Waals surface area contributed by atoms with Gasteiger partial charge in [-0.3, -0.25) is 0 Å². The van der Waals surface area contributed by atoms with Gasteiger partial charge in [-0.2, -0.15) is 0 Å². The van der Waals surface area contributed by atoms with E-state index in [0.717, 1.165) is 62.5 Å². The van der Waals surface area contributed by atoms with Gasteiger partial charge in [0.25, 0.3) is 0 Å². The summed E-state index contributed by atoms with van der Waals surface area (Å²) in [6.07, 6.45) is -0.353.